The topological polar surface area (TPSA) is 55.8 Å². The molecule has 6 heteroatoms. The molecule has 0 N–H and O–H groups in total. The highest BCUT2D eigenvalue weighted by atomic mass is 19.1. The summed E-state index contributed by atoms with van der Waals surface area (Å²) in [6.45, 7) is 1.81. The van der Waals surface area contributed by atoms with Gasteiger partial charge in [-0.3, -0.25) is 9.59 Å². The highest BCUT2D eigenvalue weighted by Crippen LogP contribution is 2.43. The number of nitrogens with zero attached hydrogens (tertiary/aromatic N) is 1. The van der Waals surface area contributed by atoms with Gasteiger partial charge in [-0.1, -0.05) is 12.1 Å². The van der Waals surface area contributed by atoms with Gasteiger partial charge in [0, 0.05) is 5.56 Å². The molecule has 0 fully saturated rings. The molecule has 2 aromatic carbocycles. The highest BCUT2D eigenvalue weighted by Gasteiger charge is 2.34. The Morgan fingerprint density at radius 2 is 2.12 bits per heavy atom. The Balaban J connectivity index is 2.09. The van der Waals surface area contributed by atoms with E-state index < -0.39 is 6.10 Å². The predicted molar refractivity (Wildman–Crippen MR) is 86.1 cm³/mol. The Hall–Kier alpha value is -2.89. The van der Waals surface area contributed by atoms with E-state index in [2.05, 4.69) is 0 Å². The Kier molecular flexibility index (Phi) is 4.20. The standard InChI is InChI=1S/C18H16FNO4/c1-11-18(22)20(9-12-4-3-5-14(19)6-12)15-7-13(10-21)8-16(23-2)17(15)24-11/h3-8,10-11H,9H2,1-2H3. The summed E-state index contributed by atoms with van der Waals surface area (Å²) in [6, 6.07) is 9.14. The number of amides is 1. The average molecular weight is 329 g/mol. The van der Waals surface area contributed by atoms with Crippen LogP contribution in [0.5, 0.6) is 11.5 Å². The number of hydrogen-bond acceptors (Lipinski definition) is 4. The maximum atomic E-state index is 13.4. The van der Waals surface area contributed by atoms with Gasteiger partial charge in [0.15, 0.2) is 17.6 Å². The number of carbonyl (C=O) groups is 2. The van der Waals surface area contributed by atoms with Crippen molar-refractivity contribution in [2.45, 2.75) is 19.6 Å². The third-order valence-electron chi connectivity index (χ3n) is 3.84. The van der Waals surface area contributed by atoms with Gasteiger partial charge < -0.3 is 14.4 Å². The summed E-state index contributed by atoms with van der Waals surface area (Å²) in [5, 5.41) is 0. The van der Waals surface area contributed by atoms with Gasteiger partial charge in [0.2, 0.25) is 0 Å². The molecular weight excluding hydrogens is 313 g/mol. The molecule has 0 saturated heterocycles. The van der Waals surface area contributed by atoms with Crippen molar-refractivity contribution < 1.29 is 23.5 Å². The molecule has 0 aliphatic carbocycles. The van der Waals surface area contributed by atoms with Gasteiger partial charge in [0.05, 0.1) is 19.3 Å². The molecule has 1 aliphatic rings. The molecule has 1 heterocycles. The molecule has 124 valence electrons. The molecule has 2 aromatic rings. The summed E-state index contributed by atoms with van der Waals surface area (Å²) in [5.74, 6) is 0.127. The first-order valence-corrected chi connectivity index (χ1v) is 7.43. The van der Waals surface area contributed by atoms with Crippen LogP contribution in [0.3, 0.4) is 0 Å². The van der Waals surface area contributed by atoms with Crippen molar-refractivity contribution >= 4 is 17.9 Å². The summed E-state index contributed by atoms with van der Waals surface area (Å²) in [7, 11) is 1.46. The second-order valence-electron chi connectivity index (χ2n) is 5.50. The first-order valence-electron chi connectivity index (χ1n) is 7.43. The molecule has 0 spiro atoms. The SMILES string of the molecule is COc1cc(C=O)cc2c1OC(C)C(=O)N2Cc1cccc(F)c1. The fourth-order valence-electron chi connectivity index (χ4n) is 2.69. The van der Waals surface area contributed by atoms with Crippen LogP contribution in [0.1, 0.15) is 22.8 Å². The summed E-state index contributed by atoms with van der Waals surface area (Å²) in [4.78, 5) is 25.2. The number of benzene rings is 2. The van der Waals surface area contributed by atoms with E-state index in [1.807, 2.05) is 0 Å². The van der Waals surface area contributed by atoms with E-state index >= 15 is 0 Å². The van der Waals surface area contributed by atoms with Crippen molar-refractivity contribution in [2.24, 2.45) is 0 Å². The summed E-state index contributed by atoms with van der Waals surface area (Å²) in [5.41, 5.74) is 1.43. The van der Waals surface area contributed by atoms with Crippen LogP contribution >= 0.6 is 0 Å². The van der Waals surface area contributed by atoms with Crippen molar-refractivity contribution in [3.05, 3.63) is 53.3 Å². The number of hydrogen-bond donors (Lipinski definition) is 0. The van der Waals surface area contributed by atoms with Crippen molar-refractivity contribution in [3.63, 3.8) is 0 Å². The lowest BCUT2D eigenvalue weighted by Gasteiger charge is -2.34. The smallest absolute Gasteiger partial charge is 0.268 e. The largest absolute Gasteiger partial charge is 0.493 e. The number of anilines is 1. The zero-order valence-electron chi connectivity index (χ0n) is 13.3. The van der Waals surface area contributed by atoms with Crippen molar-refractivity contribution in [2.75, 3.05) is 12.0 Å². The normalized spacial score (nSPS) is 16.4. The van der Waals surface area contributed by atoms with Gasteiger partial charge in [-0.2, -0.15) is 0 Å². The third kappa shape index (κ3) is 2.82. The van der Waals surface area contributed by atoms with Gasteiger partial charge in [-0.25, -0.2) is 4.39 Å². The van der Waals surface area contributed by atoms with Crippen LogP contribution in [0.25, 0.3) is 0 Å². The number of methoxy groups -OCH3 is 1. The number of aldehydes is 1. The molecule has 1 aliphatic heterocycles. The second kappa shape index (κ2) is 6.31. The van der Waals surface area contributed by atoms with E-state index in [4.69, 9.17) is 9.47 Å². The Labute approximate surface area is 138 Å². The molecule has 0 aromatic heterocycles. The number of fused-ring (bicyclic) bond motifs is 1. The minimum absolute atomic E-state index is 0.169. The number of halogens is 1. The molecule has 0 bridgehead atoms. The molecule has 1 unspecified atom stereocenters. The quantitative estimate of drug-likeness (QED) is 0.809. The molecule has 5 nitrogen and oxygen atoms in total. The van der Waals surface area contributed by atoms with Crippen molar-refractivity contribution in [1.29, 1.82) is 0 Å². The number of rotatable bonds is 4. The minimum Gasteiger partial charge on any atom is -0.493 e. The minimum atomic E-state index is -0.706. The predicted octanol–water partition coefficient (Wildman–Crippen LogP) is 2.96. The van der Waals surface area contributed by atoms with Gasteiger partial charge in [-0.05, 0) is 36.8 Å². The molecular formula is C18H16FNO4. The third-order valence-corrected chi connectivity index (χ3v) is 3.84. The number of ether oxygens (including phenoxy) is 2. The molecule has 24 heavy (non-hydrogen) atoms. The number of carbonyl (C=O) groups excluding carboxylic acids is 2. The Morgan fingerprint density at radius 1 is 1.33 bits per heavy atom. The van der Waals surface area contributed by atoms with E-state index in [9.17, 15) is 14.0 Å². The van der Waals surface area contributed by atoms with Crippen molar-refractivity contribution in [1.82, 2.24) is 0 Å². The fourth-order valence-corrected chi connectivity index (χ4v) is 2.69. The maximum Gasteiger partial charge on any atom is 0.268 e. The van der Waals surface area contributed by atoms with Crippen LogP contribution in [-0.4, -0.2) is 25.4 Å². The maximum absolute atomic E-state index is 13.4. The van der Waals surface area contributed by atoms with Crippen LogP contribution in [-0.2, 0) is 11.3 Å². The zero-order valence-corrected chi connectivity index (χ0v) is 13.3. The molecule has 0 radical (unpaired) electrons. The fraction of sp³-hybridized carbons (Fsp3) is 0.222. The van der Waals surface area contributed by atoms with Crippen LogP contribution in [0.4, 0.5) is 10.1 Å². The van der Waals surface area contributed by atoms with Crippen LogP contribution in [0, 0.1) is 5.82 Å². The van der Waals surface area contributed by atoms with Gasteiger partial charge in [-0.15, -0.1) is 0 Å². The van der Waals surface area contributed by atoms with Crippen LogP contribution < -0.4 is 14.4 Å². The lowest BCUT2D eigenvalue weighted by molar-refractivity contribution is -0.125. The summed E-state index contributed by atoms with van der Waals surface area (Å²) < 4.78 is 24.4. The summed E-state index contributed by atoms with van der Waals surface area (Å²) in [6.07, 6.45) is -0.0341. The van der Waals surface area contributed by atoms with E-state index in [1.54, 1.807) is 31.2 Å². The van der Waals surface area contributed by atoms with E-state index in [-0.39, 0.29) is 18.3 Å². The second-order valence-corrected chi connectivity index (χ2v) is 5.50. The lowest BCUT2D eigenvalue weighted by atomic mass is 10.1. The van der Waals surface area contributed by atoms with E-state index in [0.29, 0.717) is 34.6 Å². The zero-order chi connectivity index (χ0) is 17.3. The Bertz CT molecular complexity index is 806. The monoisotopic (exact) mass is 329 g/mol. The van der Waals surface area contributed by atoms with Gasteiger partial charge in [0.1, 0.15) is 12.1 Å². The summed E-state index contributed by atoms with van der Waals surface area (Å²) >= 11 is 0. The highest BCUT2D eigenvalue weighted by molar-refractivity contribution is 6.01. The van der Waals surface area contributed by atoms with E-state index in [1.165, 1.54) is 24.1 Å². The molecule has 1 amide bonds. The molecule has 1 atom stereocenters. The molecule has 0 saturated carbocycles. The average Bonchev–Trinajstić information content (AvgIpc) is 2.58. The van der Waals surface area contributed by atoms with E-state index in [0.717, 1.165) is 0 Å². The van der Waals surface area contributed by atoms with Crippen LogP contribution in [0.2, 0.25) is 0 Å². The first kappa shape index (κ1) is 16.0. The van der Waals surface area contributed by atoms with Gasteiger partial charge in [0.25, 0.3) is 5.91 Å². The lowest BCUT2D eigenvalue weighted by Crippen LogP contribution is -2.44. The van der Waals surface area contributed by atoms with Crippen LogP contribution in [0.15, 0.2) is 36.4 Å². The van der Waals surface area contributed by atoms with Gasteiger partial charge >= 0.3 is 0 Å². The van der Waals surface area contributed by atoms with Crippen molar-refractivity contribution in [3.8, 4) is 11.5 Å². The Morgan fingerprint density at radius 3 is 2.79 bits per heavy atom. The molecule has 3 rings (SSSR count). The first-order chi connectivity index (χ1) is 11.5.